The van der Waals surface area contributed by atoms with Crippen molar-refractivity contribution >= 4 is 34.7 Å². The van der Waals surface area contributed by atoms with Crippen LogP contribution in [-0.4, -0.2) is 26.3 Å². The van der Waals surface area contributed by atoms with Crippen LogP contribution in [0.3, 0.4) is 0 Å². The Kier molecular flexibility index (Phi) is 6.01. The van der Waals surface area contributed by atoms with Crippen molar-refractivity contribution in [2.24, 2.45) is 0 Å². The van der Waals surface area contributed by atoms with E-state index in [1.54, 1.807) is 0 Å². The molecule has 3 aromatic heterocycles. The molecular weight excluding hydrogens is 445 g/mol. The van der Waals surface area contributed by atoms with Crippen LogP contribution in [0.2, 0.25) is 0 Å². The zero-order valence-corrected chi connectivity index (χ0v) is 17.9. The van der Waals surface area contributed by atoms with Crippen LogP contribution in [0.15, 0.2) is 65.3 Å². The van der Waals surface area contributed by atoms with E-state index in [1.807, 2.05) is 48.7 Å². The summed E-state index contributed by atoms with van der Waals surface area (Å²) in [6.07, 6.45) is -3.53. The van der Waals surface area contributed by atoms with Crippen molar-refractivity contribution in [1.29, 1.82) is 0 Å². The summed E-state index contributed by atoms with van der Waals surface area (Å²) in [6.45, 7) is 1.99. The molecule has 5 nitrogen and oxygen atoms in total. The summed E-state index contributed by atoms with van der Waals surface area (Å²) < 4.78 is 40.3. The van der Waals surface area contributed by atoms with Crippen molar-refractivity contribution in [3.8, 4) is 0 Å². The molecule has 1 amide bonds. The molecular formula is C21H17F3N4OS2. The number of halogens is 3. The molecule has 0 aliphatic carbocycles. The van der Waals surface area contributed by atoms with Crippen molar-refractivity contribution in [2.75, 3.05) is 5.75 Å². The van der Waals surface area contributed by atoms with Gasteiger partial charge in [0.2, 0.25) is 5.91 Å². The first-order chi connectivity index (χ1) is 14.8. The number of rotatable bonds is 6. The van der Waals surface area contributed by atoms with Gasteiger partial charge in [-0.25, -0.2) is 0 Å². The fraction of sp³-hybridized carbons (Fsp3) is 0.190. The van der Waals surface area contributed by atoms with Crippen LogP contribution >= 0.6 is 23.1 Å². The van der Waals surface area contributed by atoms with Gasteiger partial charge in [0.1, 0.15) is 0 Å². The molecule has 4 rings (SSSR count). The van der Waals surface area contributed by atoms with Crippen LogP contribution in [0, 0.1) is 6.92 Å². The minimum atomic E-state index is -4.47. The van der Waals surface area contributed by atoms with Gasteiger partial charge in [-0.3, -0.25) is 9.20 Å². The first-order valence-electron chi connectivity index (χ1n) is 9.25. The topological polar surface area (TPSA) is 59.3 Å². The number of aromatic nitrogens is 3. The van der Waals surface area contributed by atoms with Gasteiger partial charge in [0.25, 0.3) is 0 Å². The van der Waals surface area contributed by atoms with E-state index in [1.165, 1.54) is 21.8 Å². The second kappa shape index (κ2) is 8.72. The van der Waals surface area contributed by atoms with Crippen LogP contribution in [0.5, 0.6) is 0 Å². The predicted molar refractivity (Wildman–Crippen MR) is 114 cm³/mol. The Balaban J connectivity index is 1.49. The van der Waals surface area contributed by atoms with Crippen LogP contribution < -0.4 is 5.32 Å². The number of alkyl halides is 3. The quantitative estimate of drug-likeness (QED) is 0.404. The number of pyridine rings is 1. The Morgan fingerprint density at radius 3 is 2.61 bits per heavy atom. The number of benzene rings is 1. The Labute approximate surface area is 184 Å². The molecule has 0 aliphatic rings. The van der Waals surface area contributed by atoms with Gasteiger partial charge < -0.3 is 5.32 Å². The fourth-order valence-corrected chi connectivity index (χ4v) is 4.53. The maximum Gasteiger partial charge on any atom is 0.417 e. The van der Waals surface area contributed by atoms with Crippen molar-refractivity contribution in [3.63, 3.8) is 0 Å². The highest BCUT2D eigenvalue weighted by Crippen LogP contribution is 2.30. The molecule has 160 valence electrons. The lowest BCUT2D eigenvalue weighted by atomic mass is 10.0. The summed E-state index contributed by atoms with van der Waals surface area (Å²) in [4.78, 5) is 13.7. The number of aryl methyl sites for hydroxylation is 1. The van der Waals surface area contributed by atoms with Crippen LogP contribution in [-0.2, 0) is 11.0 Å². The Morgan fingerprint density at radius 2 is 1.94 bits per heavy atom. The van der Waals surface area contributed by atoms with E-state index in [-0.39, 0.29) is 28.5 Å². The summed E-state index contributed by atoms with van der Waals surface area (Å²) in [6, 6.07) is 13.7. The molecule has 0 fully saturated rings. The maximum atomic E-state index is 13.0. The van der Waals surface area contributed by atoms with Gasteiger partial charge in [-0.2, -0.15) is 13.2 Å². The number of amides is 1. The van der Waals surface area contributed by atoms with E-state index in [2.05, 4.69) is 15.5 Å². The minimum absolute atomic E-state index is 0.00915. The average molecular weight is 463 g/mol. The third-order valence-corrected chi connectivity index (χ3v) is 6.45. The molecule has 1 atom stereocenters. The van der Waals surface area contributed by atoms with E-state index < -0.39 is 11.7 Å². The number of nitrogens with one attached hydrogen (secondary N) is 1. The monoisotopic (exact) mass is 462 g/mol. The number of hydrogen-bond donors (Lipinski definition) is 1. The number of nitrogens with zero attached hydrogens (tertiary/aromatic N) is 3. The number of fused-ring (bicyclic) bond motifs is 1. The van der Waals surface area contributed by atoms with Gasteiger partial charge in [-0.15, -0.1) is 21.5 Å². The van der Waals surface area contributed by atoms with E-state index >= 15 is 0 Å². The largest absolute Gasteiger partial charge is 0.417 e. The SMILES string of the molecule is Cc1ccc(C(NC(=O)CSc2nnc3ccc(C(F)(F)F)cn23)c2cccs2)cc1. The van der Waals surface area contributed by atoms with Crippen LogP contribution in [0.4, 0.5) is 13.2 Å². The van der Waals surface area contributed by atoms with E-state index in [9.17, 15) is 18.0 Å². The molecule has 0 bridgehead atoms. The van der Waals surface area contributed by atoms with Gasteiger partial charge in [0, 0.05) is 11.1 Å². The van der Waals surface area contributed by atoms with E-state index in [0.717, 1.165) is 40.0 Å². The second-order valence-corrected chi connectivity index (χ2v) is 8.76. The van der Waals surface area contributed by atoms with Gasteiger partial charge in [0.15, 0.2) is 10.8 Å². The van der Waals surface area contributed by atoms with Crippen molar-refractivity contribution in [1.82, 2.24) is 19.9 Å². The molecule has 1 N–H and O–H groups in total. The van der Waals surface area contributed by atoms with E-state index in [0.29, 0.717) is 0 Å². The highest BCUT2D eigenvalue weighted by molar-refractivity contribution is 7.99. The second-order valence-electron chi connectivity index (χ2n) is 6.84. The highest BCUT2D eigenvalue weighted by Gasteiger charge is 2.31. The molecule has 4 aromatic rings. The lowest BCUT2D eigenvalue weighted by Gasteiger charge is -2.18. The fourth-order valence-electron chi connectivity index (χ4n) is 3.00. The Morgan fingerprint density at radius 1 is 1.16 bits per heavy atom. The van der Waals surface area contributed by atoms with Crippen molar-refractivity contribution in [3.05, 3.63) is 81.7 Å². The van der Waals surface area contributed by atoms with Gasteiger partial charge >= 0.3 is 6.18 Å². The van der Waals surface area contributed by atoms with E-state index in [4.69, 9.17) is 0 Å². The smallest absolute Gasteiger partial charge is 0.344 e. The van der Waals surface area contributed by atoms with Crippen molar-refractivity contribution in [2.45, 2.75) is 24.3 Å². The lowest BCUT2D eigenvalue weighted by Crippen LogP contribution is -2.30. The molecule has 0 saturated heterocycles. The Bertz CT molecular complexity index is 1190. The minimum Gasteiger partial charge on any atom is -0.344 e. The maximum absolute atomic E-state index is 13.0. The molecule has 0 aliphatic heterocycles. The van der Waals surface area contributed by atoms with Crippen molar-refractivity contribution < 1.29 is 18.0 Å². The molecule has 31 heavy (non-hydrogen) atoms. The summed E-state index contributed by atoms with van der Waals surface area (Å²) in [7, 11) is 0. The van der Waals surface area contributed by atoms with Gasteiger partial charge in [-0.1, -0.05) is 47.7 Å². The molecule has 10 heteroatoms. The third kappa shape index (κ3) is 4.91. The summed E-state index contributed by atoms with van der Waals surface area (Å²) >= 11 is 2.57. The highest BCUT2D eigenvalue weighted by atomic mass is 32.2. The Hall–Kier alpha value is -2.85. The molecule has 3 heterocycles. The van der Waals surface area contributed by atoms with Gasteiger partial charge in [0.05, 0.1) is 17.4 Å². The first-order valence-corrected chi connectivity index (χ1v) is 11.1. The van der Waals surface area contributed by atoms with Gasteiger partial charge in [-0.05, 0) is 36.1 Å². The number of carbonyl (C=O) groups is 1. The molecule has 0 saturated carbocycles. The summed E-state index contributed by atoms with van der Waals surface area (Å²) in [5, 5.41) is 13.0. The summed E-state index contributed by atoms with van der Waals surface area (Å²) in [5.41, 5.74) is 1.55. The zero-order valence-electron chi connectivity index (χ0n) is 16.3. The van der Waals surface area contributed by atoms with Crippen LogP contribution in [0.1, 0.15) is 27.6 Å². The molecule has 1 aromatic carbocycles. The number of thiophene rings is 1. The standard InChI is InChI=1S/C21H17F3N4OS2/c1-13-4-6-14(7-5-13)19(16-3-2-10-30-16)25-18(29)12-31-20-27-26-17-9-8-15(11-28(17)20)21(22,23)24/h2-11,19H,12H2,1H3,(H,25,29). The first kappa shape index (κ1) is 21.4. The predicted octanol–water partition coefficient (Wildman–Crippen LogP) is 5.12. The van der Waals surface area contributed by atoms with Crippen LogP contribution in [0.25, 0.3) is 5.65 Å². The third-order valence-electron chi connectivity index (χ3n) is 4.57. The number of hydrogen-bond acceptors (Lipinski definition) is 5. The number of carbonyl (C=O) groups excluding carboxylic acids is 1. The lowest BCUT2D eigenvalue weighted by molar-refractivity contribution is -0.137. The molecule has 0 spiro atoms. The zero-order chi connectivity index (χ0) is 22.0. The summed E-state index contributed by atoms with van der Waals surface area (Å²) in [5.74, 6) is -0.266. The normalized spacial score (nSPS) is 12.8. The number of thioether (sulfide) groups is 1. The molecule has 0 radical (unpaired) electrons. The molecule has 1 unspecified atom stereocenters. The average Bonchev–Trinajstić information content (AvgIpc) is 3.40.